The van der Waals surface area contributed by atoms with Crippen molar-refractivity contribution in [3.63, 3.8) is 0 Å². The maximum atomic E-state index is 13.1. The number of hydrazine groups is 1. The van der Waals surface area contributed by atoms with Gasteiger partial charge in [0.05, 0.1) is 10.7 Å². The van der Waals surface area contributed by atoms with Crippen molar-refractivity contribution in [2.75, 3.05) is 10.7 Å². The number of nitrogen functional groups attached to an aromatic ring is 1. The standard InChI is InChI=1S/C12H9Cl2FN4O/c13-8-2-1-7(15)5-9(8)17-12(20)6-3-10(14)18-11(4-6)19-16/h1-5H,16H2,(H,17,20)(H,18,19). The molecule has 1 amide bonds. The van der Waals surface area contributed by atoms with Crippen molar-refractivity contribution >= 4 is 40.6 Å². The fourth-order valence-electron chi connectivity index (χ4n) is 1.49. The van der Waals surface area contributed by atoms with Crippen molar-refractivity contribution in [3.05, 3.63) is 51.9 Å². The summed E-state index contributed by atoms with van der Waals surface area (Å²) in [7, 11) is 0. The van der Waals surface area contributed by atoms with Crippen molar-refractivity contribution in [3.8, 4) is 0 Å². The predicted octanol–water partition coefficient (Wildman–Crippen LogP) is 3.07. The van der Waals surface area contributed by atoms with E-state index in [1.54, 1.807) is 0 Å². The summed E-state index contributed by atoms with van der Waals surface area (Å²) in [6, 6.07) is 6.40. The lowest BCUT2D eigenvalue weighted by Gasteiger charge is -2.08. The van der Waals surface area contributed by atoms with Crippen LogP contribution in [0.4, 0.5) is 15.9 Å². The van der Waals surface area contributed by atoms with Crippen LogP contribution in [-0.2, 0) is 0 Å². The molecule has 1 aromatic carbocycles. The number of aromatic nitrogens is 1. The lowest BCUT2D eigenvalue weighted by molar-refractivity contribution is 0.102. The highest BCUT2D eigenvalue weighted by atomic mass is 35.5. The predicted molar refractivity (Wildman–Crippen MR) is 76.4 cm³/mol. The van der Waals surface area contributed by atoms with E-state index < -0.39 is 11.7 Å². The van der Waals surface area contributed by atoms with Crippen LogP contribution in [-0.4, -0.2) is 10.9 Å². The normalized spacial score (nSPS) is 10.2. The zero-order valence-corrected chi connectivity index (χ0v) is 11.5. The average Bonchev–Trinajstić information content (AvgIpc) is 2.42. The first-order valence-corrected chi connectivity index (χ1v) is 6.16. The Kier molecular flexibility index (Phi) is 4.39. The Hall–Kier alpha value is -1.89. The van der Waals surface area contributed by atoms with Gasteiger partial charge in [-0.1, -0.05) is 23.2 Å². The number of hydrogen-bond acceptors (Lipinski definition) is 4. The molecule has 1 aromatic heterocycles. The first-order chi connectivity index (χ1) is 9.49. The van der Waals surface area contributed by atoms with Gasteiger partial charge in [-0.05, 0) is 30.3 Å². The van der Waals surface area contributed by atoms with Gasteiger partial charge in [0, 0.05) is 5.56 Å². The summed E-state index contributed by atoms with van der Waals surface area (Å²) in [5, 5.41) is 2.79. The number of carbonyl (C=O) groups is 1. The third-order valence-electron chi connectivity index (χ3n) is 2.38. The monoisotopic (exact) mass is 314 g/mol. The van der Waals surface area contributed by atoms with Gasteiger partial charge in [0.25, 0.3) is 5.91 Å². The van der Waals surface area contributed by atoms with E-state index in [-0.39, 0.29) is 27.2 Å². The number of amides is 1. The SMILES string of the molecule is NNc1cc(C(=O)Nc2cc(F)ccc2Cl)cc(Cl)n1. The Morgan fingerprint density at radius 1 is 1.25 bits per heavy atom. The van der Waals surface area contributed by atoms with Crippen LogP contribution in [0.5, 0.6) is 0 Å². The molecular formula is C12H9Cl2FN4O. The fourth-order valence-corrected chi connectivity index (χ4v) is 1.86. The number of benzene rings is 1. The number of nitrogens with zero attached hydrogens (tertiary/aromatic N) is 1. The first kappa shape index (κ1) is 14.5. The summed E-state index contributed by atoms with van der Waals surface area (Å²) in [4.78, 5) is 15.9. The summed E-state index contributed by atoms with van der Waals surface area (Å²) in [6.45, 7) is 0. The van der Waals surface area contributed by atoms with E-state index in [2.05, 4.69) is 15.7 Å². The molecule has 0 bridgehead atoms. The van der Waals surface area contributed by atoms with E-state index >= 15 is 0 Å². The molecule has 0 spiro atoms. The molecule has 0 saturated heterocycles. The quantitative estimate of drug-likeness (QED) is 0.462. The van der Waals surface area contributed by atoms with Crippen LogP contribution >= 0.6 is 23.2 Å². The number of hydrogen-bond donors (Lipinski definition) is 3. The number of rotatable bonds is 3. The molecule has 0 fully saturated rings. The van der Waals surface area contributed by atoms with Gasteiger partial charge in [-0.15, -0.1) is 0 Å². The molecule has 0 aliphatic rings. The third kappa shape index (κ3) is 3.36. The average molecular weight is 315 g/mol. The van der Waals surface area contributed by atoms with Gasteiger partial charge in [0.1, 0.15) is 16.8 Å². The van der Waals surface area contributed by atoms with Crippen molar-refractivity contribution in [1.82, 2.24) is 4.98 Å². The maximum Gasteiger partial charge on any atom is 0.255 e. The summed E-state index contributed by atoms with van der Waals surface area (Å²) < 4.78 is 13.1. The Bertz CT molecular complexity index is 666. The molecule has 5 nitrogen and oxygen atoms in total. The second-order valence-electron chi connectivity index (χ2n) is 3.79. The van der Waals surface area contributed by atoms with Crippen LogP contribution in [0.25, 0.3) is 0 Å². The largest absolute Gasteiger partial charge is 0.321 e. The molecule has 8 heteroatoms. The van der Waals surface area contributed by atoms with Gasteiger partial charge in [-0.2, -0.15) is 0 Å². The topological polar surface area (TPSA) is 80.0 Å². The van der Waals surface area contributed by atoms with Gasteiger partial charge < -0.3 is 10.7 Å². The molecule has 0 aliphatic heterocycles. The molecule has 2 aromatic rings. The molecule has 1 heterocycles. The molecule has 0 aliphatic carbocycles. The molecule has 4 N–H and O–H groups in total. The van der Waals surface area contributed by atoms with E-state index in [9.17, 15) is 9.18 Å². The van der Waals surface area contributed by atoms with Crippen LogP contribution in [0.1, 0.15) is 10.4 Å². The van der Waals surface area contributed by atoms with Crippen LogP contribution in [0.2, 0.25) is 10.2 Å². The lowest BCUT2D eigenvalue weighted by Crippen LogP contribution is -2.15. The molecule has 0 saturated carbocycles. The Balaban J connectivity index is 2.28. The zero-order chi connectivity index (χ0) is 14.7. The molecule has 0 radical (unpaired) electrons. The Morgan fingerprint density at radius 2 is 2.00 bits per heavy atom. The summed E-state index contributed by atoms with van der Waals surface area (Å²) in [5.74, 6) is 4.41. The van der Waals surface area contributed by atoms with Crippen molar-refractivity contribution < 1.29 is 9.18 Å². The van der Waals surface area contributed by atoms with Gasteiger partial charge in [0.2, 0.25) is 0 Å². The van der Waals surface area contributed by atoms with E-state index in [4.69, 9.17) is 29.0 Å². The van der Waals surface area contributed by atoms with E-state index in [0.717, 1.165) is 6.07 Å². The van der Waals surface area contributed by atoms with Gasteiger partial charge in [-0.25, -0.2) is 15.2 Å². The van der Waals surface area contributed by atoms with Gasteiger partial charge in [0.15, 0.2) is 0 Å². The minimum Gasteiger partial charge on any atom is -0.321 e. The van der Waals surface area contributed by atoms with Gasteiger partial charge >= 0.3 is 0 Å². The summed E-state index contributed by atoms with van der Waals surface area (Å²) in [6.07, 6.45) is 0. The van der Waals surface area contributed by atoms with Crippen LogP contribution in [0.3, 0.4) is 0 Å². The number of halogens is 3. The van der Waals surface area contributed by atoms with E-state index in [1.807, 2.05) is 0 Å². The smallest absolute Gasteiger partial charge is 0.255 e. The minimum atomic E-state index is -0.515. The fraction of sp³-hybridized carbons (Fsp3) is 0. The second-order valence-corrected chi connectivity index (χ2v) is 4.58. The number of anilines is 2. The molecule has 2 rings (SSSR count). The highest BCUT2D eigenvalue weighted by Crippen LogP contribution is 2.23. The number of carbonyl (C=O) groups excluding carboxylic acids is 1. The third-order valence-corrected chi connectivity index (χ3v) is 2.90. The van der Waals surface area contributed by atoms with Crippen molar-refractivity contribution in [1.29, 1.82) is 0 Å². The van der Waals surface area contributed by atoms with Crippen LogP contribution in [0.15, 0.2) is 30.3 Å². The second kappa shape index (κ2) is 6.04. The highest BCUT2D eigenvalue weighted by Gasteiger charge is 2.11. The van der Waals surface area contributed by atoms with E-state index in [0.29, 0.717) is 0 Å². The Labute approximate surface area is 123 Å². The molecule has 20 heavy (non-hydrogen) atoms. The minimum absolute atomic E-state index is 0.0935. The van der Waals surface area contributed by atoms with E-state index in [1.165, 1.54) is 24.3 Å². The Morgan fingerprint density at radius 3 is 2.70 bits per heavy atom. The first-order valence-electron chi connectivity index (χ1n) is 5.40. The molecule has 104 valence electrons. The van der Waals surface area contributed by atoms with Crippen LogP contribution in [0, 0.1) is 5.82 Å². The molecular weight excluding hydrogens is 306 g/mol. The zero-order valence-electron chi connectivity index (χ0n) is 9.95. The number of pyridine rings is 1. The molecule has 0 atom stereocenters. The lowest BCUT2D eigenvalue weighted by atomic mass is 10.2. The highest BCUT2D eigenvalue weighted by molar-refractivity contribution is 6.34. The van der Waals surface area contributed by atoms with Crippen LogP contribution < -0.4 is 16.6 Å². The molecule has 0 unspecified atom stereocenters. The maximum absolute atomic E-state index is 13.1. The summed E-state index contributed by atoms with van der Waals surface area (Å²) in [5.41, 5.74) is 2.65. The van der Waals surface area contributed by atoms with Crippen molar-refractivity contribution in [2.45, 2.75) is 0 Å². The van der Waals surface area contributed by atoms with Gasteiger partial charge in [-0.3, -0.25) is 4.79 Å². The summed E-state index contributed by atoms with van der Waals surface area (Å²) >= 11 is 11.6. The number of nitrogens with two attached hydrogens (primary N) is 1. The number of nitrogens with one attached hydrogen (secondary N) is 2. The van der Waals surface area contributed by atoms with Crippen molar-refractivity contribution in [2.24, 2.45) is 5.84 Å².